The molecule has 0 radical (unpaired) electrons. The zero-order chi connectivity index (χ0) is 27.1. The number of thiophene rings is 1. The number of anilines is 1. The molecule has 3 aromatic heterocycles. The Morgan fingerprint density at radius 3 is 2.77 bits per heavy atom. The predicted octanol–water partition coefficient (Wildman–Crippen LogP) is 6.06. The number of nitrogens with zero attached hydrogens (tertiary/aromatic N) is 3. The Morgan fingerprint density at radius 1 is 1.15 bits per heavy atom. The van der Waals surface area contributed by atoms with Crippen LogP contribution in [-0.4, -0.2) is 58.7 Å². The van der Waals surface area contributed by atoms with Crippen LogP contribution in [0.5, 0.6) is 0 Å². The van der Waals surface area contributed by atoms with Crippen LogP contribution in [-0.2, 0) is 11.3 Å². The smallest absolute Gasteiger partial charge is 0.263 e. The van der Waals surface area contributed by atoms with E-state index in [9.17, 15) is 4.79 Å². The summed E-state index contributed by atoms with van der Waals surface area (Å²) in [4.78, 5) is 25.9. The molecule has 2 unspecified atom stereocenters. The number of nitrogens with one attached hydrogen (secondary N) is 2. The lowest BCUT2D eigenvalue weighted by Gasteiger charge is -2.35. The van der Waals surface area contributed by atoms with E-state index >= 15 is 0 Å². The van der Waals surface area contributed by atoms with Gasteiger partial charge in [-0.3, -0.25) is 9.69 Å². The minimum absolute atomic E-state index is 0.0203. The lowest BCUT2D eigenvalue weighted by Crippen LogP contribution is -2.44. The predicted molar refractivity (Wildman–Crippen MR) is 170 cm³/mol. The molecule has 0 bridgehead atoms. The van der Waals surface area contributed by atoms with Gasteiger partial charge < -0.3 is 15.4 Å². The molecule has 1 aromatic carbocycles. The Bertz CT molecular complexity index is 1640. The SMILES string of the molecule is CC1CN(Cc2cc(-c3ccc4c(ccc5sc6c(c54)NC[C@@H](C)NC6=O)n3)cc(C#CSI)n2)CC(C)O1. The van der Waals surface area contributed by atoms with Gasteiger partial charge >= 0.3 is 0 Å². The minimum atomic E-state index is -0.0203. The van der Waals surface area contributed by atoms with Gasteiger partial charge in [0.15, 0.2) is 0 Å². The molecule has 0 spiro atoms. The van der Waals surface area contributed by atoms with Crippen molar-refractivity contribution in [3.05, 3.63) is 52.7 Å². The van der Waals surface area contributed by atoms with Gasteiger partial charge in [0, 0.05) is 74.5 Å². The van der Waals surface area contributed by atoms with Gasteiger partial charge in [0.25, 0.3) is 5.91 Å². The second kappa shape index (κ2) is 11.2. The normalized spacial score (nSPS) is 21.5. The molecule has 5 heterocycles. The first-order chi connectivity index (χ1) is 18.9. The van der Waals surface area contributed by atoms with Crippen molar-refractivity contribution >= 4 is 74.1 Å². The summed E-state index contributed by atoms with van der Waals surface area (Å²) >= 11 is 3.70. The van der Waals surface area contributed by atoms with Crippen LogP contribution in [0.1, 0.15) is 41.8 Å². The summed E-state index contributed by atoms with van der Waals surface area (Å²) in [6, 6.07) is 12.5. The molecule has 0 aliphatic carbocycles. The standard InChI is InChI=1S/C29H28IN5O2S2/c1-16-12-31-27-26-22-4-5-23(34-24(22)6-7-25(26)39-28(27)29(36)32-16)19-10-20(8-9-38-30)33-21(11-19)15-35-13-17(2)37-18(3)14-35/h4-7,10-11,16-18,31H,12-15H2,1-3H3,(H,32,36)/t16-,17?,18?/m1/s1. The summed E-state index contributed by atoms with van der Waals surface area (Å²) in [5.74, 6) is 3.16. The lowest BCUT2D eigenvalue weighted by atomic mass is 10.1. The molecule has 1 amide bonds. The number of hydrogen-bond acceptors (Lipinski definition) is 8. The summed E-state index contributed by atoms with van der Waals surface area (Å²) in [6.45, 7) is 9.42. The summed E-state index contributed by atoms with van der Waals surface area (Å²) in [5.41, 5.74) is 5.39. The lowest BCUT2D eigenvalue weighted by molar-refractivity contribution is -0.0707. The van der Waals surface area contributed by atoms with Crippen LogP contribution in [0, 0.1) is 11.2 Å². The number of hydrogen-bond donors (Lipinski definition) is 2. The average Bonchev–Trinajstić information content (AvgIpc) is 3.22. The van der Waals surface area contributed by atoms with Gasteiger partial charge in [-0.05, 0) is 77.3 Å². The van der Waals surface area contributed by atoms with Gasteiger partial charge in [-0.2, -0.15) is 0 Å². The van der Waals surface area contributed by atoms with Crippen molar-refractivity contribution in [2.24, 2.45) is 0 Å². The molecule has 1 saturated heterocycles. The Hall–Kier alpha value is -2.43. The van der Waals surface area contributed by atoms with Crippen LogP contribution >= 0.6 is 41.5 Å². The van der Waals surface area contributed by atoms with E-state index in [1.165, 1.54) is 20.3 Å². The molecule has 39 heavy (non-hydrogen) atoms. The Morgan fingerprint density at radius 2 is 1.97 bits per heavy atom. The van der Waals surface area contributed by atoms with E-state index in [0.717, 1.165) is 73.8 Å². The summed E-state index contributed by atoms with van der Waals surface area (Å²) < 4.78 is 7.00. The van der Waals surface area contributed by atoms with Crippen molar-refractivity contribution in [3.63, 3.8) is 0 Å². The zero-order valence-corrected chi connectivity index (χ0v) is 25.7. The topological polar surface area (TPSA) is 79.4 Å². The number of pyridine rings is 2. The van der Waals surface area contributed by atoms with E-state index in [-0.39, 0.29) is 24.2 Å². The van der Waals surface area contributed by atoms with Gasteiger partial charge in [0.05, 0.1) is 34.8 Å². The highest BCUT2D eigenvalue weighted by Crippen LogP contribution is 2.41. The third kappa shape index (κ3) is 5.60. The molecule has 10 heteroatoms. The average molecular weight is 670 g/mol. The second-order valence-electron chi connectivity index (χ2n) is 10.3. The maximum absolute atomic E-state index is 12.8. The van der Waals surface area contributed by atoms with E-state index in [1.807, 2.05) is 19.1 Å². The molecule has 3 atom stereocenters. The van der Waals surface area contributed by atoms with Crippen LogP contribution in [0.4, 0.5) is 5.69 Å². The number of benzene rings is 1. The molecule has 6 rings (SSSR count). The van der Waals surface area contributed by atoms with Crippen molar-refractivity contribution in [1.29, 1.82) is 0 Å². The molecule has 4 aromatic rings. The number of morpholine rings is 1. The molecule has 1 fully saturated rings. The first kappa shape index (κ1) is 26.8. The number of rotatable bonds is 3. The van der Waals surface area contributed by atoms with Crippen molar-refractivity contribution in [3.8, 4) is 22.4 Å². The molecule has 0 saturated carbocycles. The zero-order valence-electron chi connectivity index (χ0n) is 21.9. The van der Waals surface area contributed by atoms with Crippen LogP contribution < -0.4 is 10.6 Å². The minimum Gasteiger partial charge on any atom is -0.381 e. The highest BCUT2D eigenvalue weighted by atomic mass is 127. The van der Waals surface area contributed by atoms with E-state index in [4.69, 9.17) is 14.7 Å². The van der Waals surface area contributed by atoms with Gasteiger partial charge in [0.1, 0.15) is 10.6 Å². The molecule has 2 aliphatic rings. The highest BCUT2D eigenvalue weighted by Gasteiger charge is 2.25. The van der Waals surface area contributed by atoms with Gasteiger partial charge in [0.2, 0.25) is 0 Å². The monoisotopic (exact) mass is 669 g/mol. The van der Waals surface area contributed by atoms with E-state index < -0.39 is 0 Å². The summed E-state index contributed by atoms with van der Waals surface area (Å²) in [7, 11) is 1.45. The quantitative estimate of drug-likeness (QED) is 0.203. The molecule has 2 aliphatic heterocycles. The fraction of sp³-hybridized carbons (Fsp3) is 0.345. The van der Waals surface area contributed by atoms with E-state index in [0.29, 0.717) is 6.54 Å². The maximum Gasteiger partial charge on any atom is 0.263 e. The number of ether oxygens (including phenoxy) is 1. The Kier molecular flexibility index (Phi) is 7.70. The van der Waals surface area contributed by atoms with Crippen molar-refractivity contribution < 1.29 is 9.53 Å². The number of carbonyl (C=O) groups is 1. The molecule has 200 valence electrons. The van der Waals surface area contributed by atoms with Crippen LogP contribution in [0.25, 0.3) is 32.2 Å². The molecular formula is C29H28IN5O2S2. The molecular weight excluding hydrogens is 641 g/mol. The highest BCUT2D eigenvalue weighted by molar-refractivity contribution is 14.2. The summed E-state index contributed by atoms with van der Waals surface area (Å²) in [6.07, 6.45) is 0.392. The number of halogens is 1. The van der Waals surface area contributed by atoms with Crippen molar-refractivity contribution in [2.75, 3.05) is 25.0 Å². The third-order valence-corrected chi connectivity index (χ3v) is 8.96. The fourth-order valence-corrected chi connectivity index (χ4v) is 7.05. The number of carbonyl (C=O) groups excluding carboxylic acids is 1. The van der Waals surface area contributed by atoms with Crippen LogP contribution in [0.3, 0.4) is 0 Å². The van der Waals surface area contributed by atoms with Crippen molar-refractivity contribution in [2.45, 2.75) is 45.6 Å². The fourth-order valence-electron chi connectivity index (χ4n) is 5.48. The van der Waals surface area contributed by atoms with E-state index in [1.54, 1.807) is 0 Å². The van der Waals surface area contributed by atoms with Crippen molar-refractivity contribution in [1.82, 2.24) is 20.2 Å². The number of aromatic nitrogens is 2. The largest absolute Gasteiger partial charge is 0.381 e. The van der Waals surface area contributed by atoms with Crippen LogP contribution in [0.15, 0.2) is 36.4 Å². The number of amides is 1. The van der Waals surface area contributed by atoms with Gasteiger partial charge in [-0.15, -0.1) is 11.3 Å². The maximum atomic E-state index is 12.8. The third-order valence-electron chi connectivity index (χ3n) is 6.96. The molecule has 7 nitrogen and oxygen atoms in total. The van der Waals surface area contributed by atoms with Gasteiger partial charge in [-0.1, -0.05) is 0 Å². The Labute approximate surface area is 248 Å². The number of fused-ring (bicyclic) bond motifs is 5. The summed E-state index contributed by atoms with van der Waals surface area (Å²) in [5, 5.41) is 11.7. The second-order valence-corrected chi connectivity index (χ2v) is 13.0. The molecule has 2 N–H and O–H groups in total. The van der Waals surface area contributed by atoms with Crippen LogP contribution in [0.2, 0.25) is 0 Å². The van der Waals surface area contributed by atoms with Gasteiger partial charge in [-0.25, -0.2) is 9.97 Å². The van der Waals surface area contributed by atoms with E-state index in [2.05, 4.69) is 86.0 Å². The Balaban J connectivity index is 1.40. The first-order valence-corrected chi connectivity index (χ1v) is 17.1. The first-order valence-electron chi connectivity index (χ1n) is 13.0.